The average Bonchev–Trinajstić information content (AvgIpc) is 2.80. The van der Waals surface area contributed by atoms with Crippen LogP contribution in [0.2, 0.25) is 0 Å². The fraction of sp³-hybridized carbons (Fsp3) is 0.333. The van der Waals surface area contributed by atoms with E-state index in [1.165, 1.54) is 41.3 Å². The minimum absolute atomic E-state index is 0.122. The summed E-state index contributed by atoms with van der Waals surface area (Å²) in [5, 5.41) is 21.7. The number of phenols is 2. The molecule has 3 rings (SSSR count). The highest BCUT2D eigenvalue weighted by molar-refractivity contribution is 5.98. The van der Waals surface area contributed by atoms with Crippen molar-refractivity contribution in [2.75, 3.05) is 13.1 Å². The Bertz CT molecular complexity index is 1080. The minimum Gasteiger partial charge on any atom is -0.508 e. The van der Waals surface area contributed by atoms with Crippen LogP contribution in [-0.4, -0.2) is 57.7 Å². The van der Waals surface area contributed by atoms with Crippen LogP contribution in [0.1, 0.15) is 35.2 Å². The number of nitrogens with zero attached hydrogens (tertiary/aromatic N) is 1. The van der Waals surface area contributed by atoms with Crippen LogP contribution in [0.5, 0.6) is 11.5 Å². The molecule has 1 atom stereocenters. The second-order valence-electron chi connectivity index (χ2n) is 8.25. The van der Waals surface area contributed by atoms with Gasteiger partial charge in [-0.05, 0) is 43.2 Å². The summed E-state index contributed by atoms with van der Waals surface area (Å²) in [6.07, 6.45) is 0.102. The molecule has 1 aliphatic rings. The Morgan fingerprint density at radius 2 is 1.71 bits per heavy atom. The van der Waals surface area contributed by atoms with Crippen molar-refractivity contribution in [2.24, 2.45) is 11.7 Å². The number of hydrogen-bond acceptors (Lipinski definition) is 6. The molecule has 0 spiro atoms. The van der Waals surface area contributed by atoms with E-state index in [1.54, 1.807) is 0 Å². The molecule has 180 valence electrons. The number of hydrogen-bond donors (Lipinski definition) is 4. The molecular weight excluding hydrogens is 445 g/mol. The Kier molecular flexibility index (Phi) is 7.83. The summed E-state index contributed by atoms with van der Waals surface area (Å²) in [4.78, 5) is 51.1. The second-order valence-corrected chi connectivity index (χ2v) is 8.25. The molecule has 0 radical (unpaired) electrons. The summed E-state index contributed by atoms with van der Waals surface area (Å²) in [7, 11) is 0. The maximum absolute atomic E-state index is 13.1. The number of halogens is 1. The molecule has 9 nitrogen and oxygen atoms in total. The van der Waals surface area contributed by atoms with E-state index >= 15 is 0 Å². The summed E-state index contributed by atoms with van der Waals surface area (Å²) < 4.78 is 13.1. The van der Waals surface area contributed by atoms with Gasteiger partial charge in [0.1, 0.15) is 23.4 Å². The van der Waals surface area contributed by atoms with Crippen LogP contribution in [0.3, 0.4) is 0 Å². The van der Waals surface area contributed by atoms with E-state index < -0.39 is 36.0 Å². The maximum Gasteiger partial charge on any atom is 0.245 e. The first-order chi connectivity index (χ1) is 16.1. The van der Waals surface area contributed by atoms with Gasteiger partial charge in [-0.1, -0.05) is 6.07 Å². The zero-order chi connectivity index (χ0) is 24.8. The SMILES string of the molecule is NC(=O)C[C@H](NC(=O)Cc1ccc(O)cc1O)C(=O)N1CCC(C(=O)c2ccc(F)cc2)CC1. The van der Waals surface area contributed by atoms with Gasteiger partial charge in [0.2, 0.25) is 17.7 Å². The second kappa shape index (κ2) is 10.8. The number of aromatic hydroxyl groups is 2. The molecule has 0 aromatic heterocycles. The highest BCUT2D eigenvalue weighted by atomic mass is 19.1. The van der Waals surface area contributed by atoms with Gasteiger partial charge in [0.25, 0.3) is 0 Å². The van der Waals surface area contributed by atoms with Crippen molar-refractivity contribution >= 4 is 23.5 Å². The van der Waals surface area contributed by atoms with E-state index in [0.717, 1.165) is 6.07 Å². The summed E-state index contributed by atoms with van der Waals surface area (Å²) in [6.45, 7) is 0.501. The number of carbonyl (C=O) groups is 4. The smallest absolute Gasteiger partial charge is 0.245 e. The van der Waals surface area contributed by atoms with Crippen molar-refractivity contribution in [3.63, 3.8) is 0 Å². The van der Waals surface area contributed by atoms with E-state index in [1.807, 2.05) is 0 Å². The number of primary amides is 1. The topological polar surface area (TPSA) is 150 Å². The van der Waals surface area contributed by atoms with Gasteiger partial charge in [0, 0.05) is 36.2 Å². The zero-order valence-corrected chi connectivity index (χ0v) is 18.4. The van der Waals surface area contributed by atoms with Gasteiger partial charge in [-0.3, -0.25) is 19.2 Å². The van der Waals surface area contributed by atoms with Crippen LogP contribution in [0, 0.1) is 11.7 Å². The highest BCUT2D eigenvalue weighted by Crippen LogP contribution is 2.24. The molecule has 0 bridgehead atoms. The fourth-order valence-corrected chi connectivity index (χ4v) is 3.95. The van der Waals surface area contributed by atoms with Crippen LogP contribution in [0.25, 0.3) is 0 Å². The molecule has 1 fully saturated rings. The molecule has 1 heterocycles. The Labute approximate surface area is 195 Å². The number of carbonyl (C=O) groups excluding carboxylic acids is 4. The van der Waals surface area contributed by atoms with Crippen LogP contribution >= 0.6 is 0 Å². The lowest BCUT2D eigenvalue weighted by Gasteiger charge is -2.33. The van der Waals surface area contributed by atoms with Gasteiger partial charge in [-0.2, -0.15) is 0 Å². The first-order valence-electron chi connectivity index (χ1n) is 10.8. The van der Waals surface area contributed by atoms with Crippen molar-refractivity contribution in [3.05, 3.63) is 59.4 Å². The molecule has 2 aromatic carbocycles. The Morgan fingerprint density at radius 1 is 1.06 bits per heavy atom. The maximum atomic E-state index is 13.1. The number of ketones is 1. The Morgan fingerprint density at radius 3 is 2.29 bits per heavy atom. The number of rotatable bonds is 8. The lowest BCUT2D eigenvalue weighted by atomic mass is 9.88. The number of nitrogens with two attached hydrogens (primary N) is 1. The molecule has 0 saturated carbocycles. The lowest BCUT2D eigenvalue weighted by molar-refractivity contribution is -0.139. The summed E-state index contributed by atoms with van der Waals surface area (Å²) in [5.41, 5.74) is 5.91. The largest absolute Gasteiger partial charge is 0.508 e. The number of amides is 3. The van der Waals surface area contributed by atoms with E-state index in [9.17, 15) is 33.8 Å². The van der Waals surface area contributed by atoms with Gasteiger partial charge in [-0.25, -0.2) is 4.39 Å². The monoisotopic (exact) mass is 471 g/mol. The van der Waals surface area contributed by atoms with Gasteiger partial charge < -0.3 is 26.2 Å². The van der Waals surface area contributed by atoms with E-state index in [4.69, 9.17) is 5.73 Å². The van der Waals surface area contributed by atoms with Gasteiger partial charge in [0.15, 0.2) is 5.78 Å². The van der Waals surface area contributed by atoms with Crippen LogP contribution in [0.15, 0.2) is 42.5 Å². The quantitative estimate of drug-likeness (QED) is 0.426. The standard InChI is InChI=1S/C24H26FN3O6/c25-17-4-1-14(2-5-17)23(33)15-7-9-28(10-8-15)24(34)19(13-21(26)31)27-22(32)11-16-3-6-18(29)12-20(16)30/h1-6,12,15,19,29-30H,7-11,13H2,(H2,26,31)(H,27,32)/t19-/m0/s1. The Balaban J connectivity index is 1.60. The lowest BCUT2D eigenvalue weighted by Crippen LogP contribution is -2.52. The normalized spacial score (nSPS) is 14.9. The zero-order valence-electron chi connectivity index (χ0n) is 18.4. The molecule has 0 aliphatic carbocycles. The molecule has 5 N–H and O–H groups in total. The third-order valence-corrected chi connectivity index (χ3v) is 5.76. The van der Waals surface area contributed by atoms with Gasteiger partial charge in [0.05, 0.1) is 12.8 Å². The summed E-state index contributed by atoms with van der Waals surface area (Å²) in [6, 6.07) is 7.89. The van der Waals surface area contributed by atoms with Crippen molar-refractivity contribution < 1.29 is 33.8 Å². The van der Waals surface area contributed by atoms with Crippen LogP contribution < -0.4 is 11.1 Å². The average molecular weight is 471 g/mol. The highest BCUT2D eigenvalue weighted by Gasteiger charge is 2.32. The molecule has 0 unspecified atom stereocenters. The van der Waals surface area contributed by atoms with E-state index in [0.29, 0.717) is 18.4 Å². The summed E-state index contributed by atoms with van der Waals surface area (Å²) in [5.74, 6) is -3.19. The van der Waals surface area contributed by atoms with E-state index in [-0.39, 0.29) is 48.3 Å². The molecular formula is C24H26FN3O6. The minimum atomic E-state index is -1.19. The van der Waals surface area contributed by atoms with Crippen molar-refractivity contribution in [2.45, 2.75) is 31.7 Å². The molecule has 3 amide bonds. The van der Waals surface area contributed by atoms with Crippen LogP contribution in [-0.2, 0) is 20.8 Å². The van der Waals surface area contributed by atoms with Gasteiger partial charge in [-0.15, -0.1) is 0 Å². The van der Waals surface area contributed by atoms with Crippen molar-refractivity contribution in [1.29, 1.82) is 0 Å². The predicted molar refractivity (Wildman–Crippen MR) is 119 cm³/mol. The molecule has 2 aromatic rings. The third-order valence-electron chi connectivity index (χ3n) is 5.76. The van der Waals surface area contributed by atoms with Crippen molar-refractivity contribution in [3.8, 4) is 11.5 Å². The molecule has 1 saturated heterocycles. The number of phenolic OH excluding ortho intramolecular Hbond substituents is 2. The number of piperidine rings is 1. The number of nitrogens with one attached hydrogen (secondary N) is 1. The van der Waals surface area contributed by atoms with E-state index in [2.05, 4.69) is 5.32 Å². The number of likely N-dealkylation sites (tertiary alicyclic amines) is 1. The fourth-order valence-electron chi connectivity index (χ4n) is 3.95. The van der Waals surface area contributed by atoms with Crippen LogP contribution in [0.4, 0.5) is 4.39 Å². The number of Topliss-reactive ketones (excluding diaryl/α,β-unsaturated/α-hetero) is 1. The number of benzene rings is 2. The molecule has 1 aliphatic heterocycles. The molecule has 10 heteroatoms. The first-order valence-corrected chi connectivity index (χ1v) is 10.8. The predicted octanol–water partition coefficient (Wildman–Crippen LogP) is 1.26. The first kappa shape index (κ1) is 24.7. The Hall–Kier alpha value is -3.95. The summed E-state index contributed by atoms with van der Waals surface area (Å²) >= 11 is 0. The van der Waals surface area contributed by atoms with Gasteiger partial charge >= 0.3 is 0 Å². The molecule has 34 heavy (non-hydrogen) atoms. The van der Waals surface area contributed by atoms with Crippen molar-refractivity contribution in [1.82, 2.24) is 10.2 Å². The third kappa shape index (κ3) is 6.31.